The minimum Gasteiger partial charge on any atom is -0.458 e. The van der Waals surface area contributed by atoms with Crippen LogP contribution in [-0.2, 0) is 18.7 Å². The number of nitrogens with one attached hydrogen (secondary N) is 1. The highest BCUT2D eigenvalue weighted by atomic mass is 28.4. The lowest BCUT2D eigenvalue weighted by molar-refractivity contribution is -0.155. The van der Waals surface area contributed by atoms with E-state index in [1.807, 2.05) is 54.6 Å². The van der Waals surface area contributed by atoms with E-state index in [1.54, 1.807) is 13.0 Å². The number of benzene rings is 4. The number of para-hydroxylation sites is 1. The summed E-state index contributed by atoms with van der Waals surface area (Å²) in [4.78, 5) is 26.3. The van der Waals surface area contributed by atoms with Gasteiger partial charge in [-0.1, -0.05) is 126 Å². The average Bonchev–Trinajstić information content (AvgIpc) is 3.11. The van der Waals surface area contributed by atoms with Crippen molar-refractivity contribution in [3.63, 3.8) is 0 Å². The van der Waals surface area contributed by atoms with Gasteiger partial charge in [0.1, 0.15) is 18.0 Å². The summed E-state index contributed by atoms with van der Waals surface area (Å²) in [6.45, 7) is 12.7. The maximum atomic E-state index is 14.5. The quantitative estimate of drug-likeness (QED) is 0.137. The van der Waals surface area contributed by atoms with E-state index in [9.17, 15) is 14.0 Å². The van der Waals surface area contributed by atoms with E-state index in [0.717, 1.165) is 27.1 Å². The average molecular weight is 732 g/mol. The number of cyclic esters (lactones) is 1. The maximum absolute atomic E-state index is 14.5. The molecule has 0 saturated carbocycles. The van der Waals surface area contributed by atoms with Crippen molar-refractivity contribution < 1.29 is 27.9 Å². The van der Waals surface area contributed by atoms with Gasteiger partial charge in [0, 0.05) is 18.5 Å². The molecule has 1 aliphatic carbocycles. The normalized spacial score (nSPS) is 20.6. The van der Waals surface area contributed by atoms with Crippen molar-refractivity contribution in [3.05, 3.63) is 144 Å². The molecule has 1 heterocycles. The van der Waals surface area contributed by atoms with Gasteiger partial charge >= 0.3 is 12.1 Å². The number of ether oxygens (including phenoxy) is 2. The molecule has 1 saturated heterocycles. The summed E-state index contributed by atoms with van der Waals surface area (Å²) < 4.78 is 33.8. The third-order valence-corrected chi connectivity index (χ3v) is 15.5. The molecule has 0 aromatic heterocycles. The van der Waals surface area contributed by atoms with E-state index in [1.165, 1.54) is 6.07 Å². The maximum Gasteiger partial charge on any atom is 0.411 e. The van der Waals surface area contributed by atoms with Crippen molar-refractivity contribution in [1.82, 2.24) is 0 Å². The number of rotatable bonds is 9. The molecule has 1 aliphatic heterocycles. The Hall–Kier alpha value is -4.79. The summed E-state index contributed by atoms with van der Waals surface area (Å²) in [6.07, 6.45) is 3.92. The van der Waals surface area contributed by atoms with Gasteiger partial charge in [-0.2, -0.15) is 0 Å². The molecule has 276 valence electrons. The van der Waals surface area contributed by atoms with Gasteiger partial charge in [-0.3, -0.25) is 10.1 Å². The highest BCUT2D eigenvalue weighted by Crippen LogP contribution is 2.46. The molecule has 4 aromatic carbocycles. The summed E-state index contributed by atoms with van der Waals surface area (Å²) in [5, 5.41) is 4.90. The molecule has 3 atom stereocenters. The number of esters is 1. The Balaban J connectivity index is 1.31. The van der Waals surface area contributed by atoms with Gasteiger partial charge < -0.3 is 13.9 Å². The zero-order valence-corrected chi connectivity index (χ0v) is 32.5. The Morgan fingerprint density at radius 2 is 1.49 bits per heavy atom. The second-order valence-corrected chi connectivity index (χ2v) is 20.1. The summed E-state index contributed by atoms with van der Waals surface area (Å²) >= 11 is 0. The van der Waals surface area contributed by atoms with Gasteiger partial charge in [-0.15, -0.1) is 0 Å². The molecule has 1 fully saturated rings. The first kappa shape index (κ1) is 37.9. The van der Waals surface area contributed by atoms with Crippen LogP contribution >= 0.6 is 0 Å². The van der Waals surface area contributed by atoms with E-state index < -0.39 is 32.0 Å². The molecule has 8 heteroatoms. The van der Waals surface area contributed by atoms with Crippen LogP contribution in [0.4, 0.5) is 14.9 Å². The van der Waals surface area contributed by atoms with Crippen molar-refractivity contribution in [2.45, 2.75) is 90.6 Å². The molecule has 0 bridgehead atoms. The first-order valence-corrected chi connectivity index (χ1v) is 20.4. The topological polar surface area (TPSA) is 73.9 Å². The first-order valence-electron chi connectivity index (χ1n) is 18.4. The number of hydrogen-bond acceptors (Lipinski definition) is 5. The molecule has 6 rings (SSSR count). The fraction of sp³-hybridized carbons (Fsp3) is 0.333. The summed E-state index contributed by atoms with van der Waals surface area (Å²) in [7, 11) is -2.90. The largest absolute Gasteiger partial charge is 0.458 e. The van der Waals surface area contributed by atoms with Crippen molar-refractivity contribution >= 4 is 42.0 Å². The van der Waals surface area contributed by atoms with E-state index in [0.29, 0.717) is 30.5 Å². The van der Waals surface area contributed by atoms with Gasteiger partial charge in [0.2, 0.25) is 0 Å². The second kappa shape index (κ2) is 15.7. The van der Waals surface area contributed by atoms with Gasteiger partial charge in [0.25, 0.3) is 8.32 Å². The number of anilines is 1. The van der Waals surface area contributed by atoms with E-state index in [4.69, 9.17) is 13.9 Å². The lowest BCUT2D eigenvalue weighted by Crippen LogP contribution is -2.68. The predicted octanol–water partition coefficient (Wildman–Crippen LogP) is 9.53. The number of carbonyl (C=O) groups excluding carboxylic acids is 2. The number of carbonyl (C=O) groups is 2. The molecule has 1 amide bonds. The molecule has 53 heavy (non-hydrogen) atoms. The molecular weight excluding hydrogens is 682 g/mol. The van der Waals surface area contributed by atoms with Crippen molar-refractivity contribution in [1.29, 1.82) is 0 Å². The van der Waals surface area contributed by atoms with Crippen LogP contribution in [0.3, 0.4) is 0 Å². The molecule has 0 spiro atoms. The summed E-state index contributed by atoms with van der Waals surface area (Å²) in [5.74, 6) is -0.574. The lowest BCUT2D eigenvalue weighted by Gasteiger charge is -2.46. The fourth-order valence-corrected chi connectivity index (χ4v) is 12.7. The third kappa shape index (κ3) is 8.55. The molecule has 0 radical (unpaired) electrons. The Labute approximate surface area is 314 Å². The zero-order valence-electron chi connectivity index (χ0n) is 31.5. The molecule has 1 N–H and O–H groups in total. The predicted molar refractivity (Wildman–Crippen MR) is 212 cm³/mol. The van der Waals surface area contributed by atoms with Crippen LogP contribution in [0.5, 0.6) is 0 Å². The van der Waals surface area contributed by atoms with Gasteiger partial charge in [0.15, 0.2) is 0 Å². The van der Waals surface area contributed by atoms with Crippen molar-refractivity contribution in [2.24, 2.45) is 5.41 Å². The number of hydrogen-bond donors (Lipinski definition) is 1. The van der Waals surface area contributed by atoms with E-state index in [2.05, 4.69) is 94.5 Å². The van der Waals surface area contributed by atoms with Gasteiger partial charge in [-0.05, 0) is 86.8 Å². The van der Waals surface area contributed by atoms with Crippen LogP contribution in [0.25, 0.3) is 5.57 Å². The summed E-state index contributed by atoms with van der Waals surface area (Å²) in [6, 6.07) is 35.2. The standard InChI is InChI=1S/C45H50FNO5Si/c1-31-26-32(22-25-41(31)46)39-28-36(51-43(49)47-33-16-10-7-11-17-33)30-45(5,6)40(39)24-23-34-27-35(29-42(48)50-34)52-53(44(2,3)4,37-18-12-8-13-19-37)38-20-14-9-15-21-38/h7-26,34-36H,27-30H2,1-6H3,(H,47,49)/b24-23+/t34-,35-,36?/m1/s1. The van der Waals surface area contributed by atoms with E-state index >= 15 is 0 Å². The van der Waals surface area contributed by atoms with Crippen LogP contribution in [0.1, 0.15) is 71.4 Å². The van der Waals surface area contributed by atoms with Crippen LogP contribution in [0, 0.1) is 18.2 Å². The summed E-state index contributed by atoms with van der Waals surface area (Å²) in [5.41, 5.74) is 3.60. The molecule has 1 unspecified atom stereocenters. The molecule has 2 aliphatic rings. The molecule has 4 aromatic rings. The number of amides is 1. The van der Waals surface area contributed by atoms with Crippen LogP contribution in [-0.4, -0.2) is 38.7 Å². The highest BCUT2D eigenvalue weighted by Gasteiger charge is 2.52. The third-order valence-electron chi connectivity index (χ3n) is 10.4. The Morgan fingerprint density at radius 3 is 2.08 bits per heavy atom. The lowest BCUT2D eigenvalue weighted by atomic mass is 9.69. The van der Waals surface area contributed by atoms with Gasteiger partial charge in [0.05, 0.1) is 12.5 Å². The Morgan fingerprint density at radius 1 is 0.887 bits per heavy atom. The smallest absolute Gasteiger partial charge is 0.411 e. The van der Waals surface area contributed by atoms with Crippen LogP contribution in [0.15, 0.2) is 127 Å². The molecule has 6 nitrogen and oxygen atoms in total. The van der Waals surface area contributed by atoms with Gasteiger partial charge in [-0.25, -0.2) is 9.18 Å². The van der Waals surface area contributed by atoms with Crippen LogP contribution in [0.2, 0.25) is 5.04 Å². The highest BCUT2D eigenvalue weighted by molar-refractivity contribution is 6.99. The SMILES string of the molecule is Cc1cc(C2=C(/C=C/[C@@H]3C[C@@H](O[Si](c4ccccc4)(c4ccccc4)C(C)(C)C)CC(=O)O3)C(C)(C)CC(OC(=O)Nc3ccccc3)C2)ccc1F. The monoisotopic (exact) mass is 731 g/mol. The van der Waals surface area contributed by atoms with E-state index in [-0.39, 0.29) is 29.3 Å². The number of aryl methyl sites for hydroxylation is 1. The zero-order chi connectivity index (χ0) is 37.8. The Bertz CT molecular complexity index is 1930. The Kier molecular flexibility index (Phi) is 11.2. The number of allylic oxidation sites excluding steroid dienone is 2. The minimum absolute atomic E-state index is 0.174. The second-order valence-electron chi connectivity index (χ2n) is 15.9. The first-order chi connectivity index (χ1) is 25.2. The van der Waals surface area contributed by atoms with Crippen LogP contribution < -0.4 is 15.7 Å². The van der Waals surface area contributed by atoms with Crippen molar-refractivity contribution in [2.75, 3.05) is 5.32 Å². The van der Waals surface area contributed by atoms with Crippen molar-refractivity contribution in [3.8, 4) is 0 Å². The minimum atomic E-state index is -2.90. The fourth-order valence-electron chi connectivity index (χ4n) is 7.98. The molecular formula is C45H50FNO5Si. The number of halogens is 1.